The summed E-state index contributed by atoms with van der Waals surface area (Å²) in [5, 5.41) is 20.1. The molecule has 0 spiro atoms. The van der Waals surface area contributed by atoms with Gasteiger partial charge in [-0.05, 0) is 19.3 Å². The monoisotopic (exact) mass is 428 g/mol. The average molecular weight is 429 g/mol. The van der Waals surface area contributed by atoms with E-state index in [1.54, 1.807) is 0 Å². The Balaban J connectivity index is 3.44. The molecule has 2 N–H and O–H groups in total. The third kappa shape index (κ3) is 20.6. The molecule has 0 saturated heterocycles. The van der Waals surface area contributed by atoms with Crippen LogP contribution in [0.3, 0.4) is 0 Å². The number of likely N-dealkylation sites (N-methyl/N-ethyl adjacent to an activating group) is 1. The largest absolute Gasteiger partial charge is 0.544 e. The van der Waals surface area contributed by atoms with E-state index >= 15 is 0 Å². The maximum absolute atomic E-state index is 10.8. The number of carbonyl (C=O) groups is 1. The summed E-state index contributed by atoms with van der Waals surface area (Å²) in [5.41, 5.74) is 2.44. The minimum atomic E-state index is -1.00. The van der Waals surface area contributed by atoms with E-state index in [-0.39, 0.29) is 12.6 Å². The van der Waals surface area contributed by atoms with Gasteiger partial charge in [0.05, 0.1) is 26.6 Å². The molecule has 0 aromatic heterocycles. The lowest BCUT2D eigenvalue weighted by molar-refractivity contribution is -0.885. The van der Waals surface area contributed by atoms with E-state index in [2.05, 4.69) is 12.4 Å². The molecule has 0 rings (SSSR count). The fourth-order valence-electron chi connectivity index (χ4n) is 4.23. The van der Waals surface area contributed by atoms with Crippen molar-refractivity contribution in [2.75, 3.05) is 27.2 Å². The highest BCUT2D eigenvalue weighted by Crippen LogP contribution is 2.15. The Morgan fingerprint density at radius 2 is 1.17 bits per heavy atom. The van der Waals surface area contributed by atoms with Crippen molar-refractivity contribution in [3.63, 3.8) is 0 Å². The summed E-state index contributed by atoms with van der Waals surface area (Å²) in [6.07, 6.45) is 23.2. The molecule has 30 heavy (non-hydrogen) atoms. The Bertz CT molecular complexity index is 389. The fraction of sp³-hybridized carbons (Fsp3) is 0.960. The van der Waals surface area contributed by atoms with Gasteiger partial charge in [-0.3, -0.25) is 0 Å². The number of nitrogens with one attached hydrogen (secondary N) is 1. The number of hydrogen-bond acceptors (Lipinski definition) is 4. The highest BCUT2D eigenvalue weighted by Gasteiger charge is 2.16. The summed E-state index contributed by atoms with van der Waals surface area (Å²) in [4.78, 5) is 10.8. The second kappa shape index (κ2) is 20.3. The molecule has 1 unspecified atom stereocenters. The molecule has 0 bridgehead atoms. The molecule has 0 amide bonds. The molecule has 0 aliphatic heterocycles. The second-order valence-electron chi connectivity index (χ2n) is 9.90. The second-order valence-corrected chi connectivity index (χ2v) is 9.90. The number of unbranched alkanes of at least 4 members (excludes halogenated alkanes) is 14. The first-order valence-electron chi connectivity index (χ1n) is 12.8. The summed E-state index contributed by atoms with van der Waals surface area (Å²) >= 11 is 0. The standard InChI is InChI=1S/C25H52N2O3/c1-4-5-6-7-8-9-10-11-12-13-14-15-16-17-18-20-24(26-30)21-19-22-27(2,3)23-25(28)29/h24,26,30H,4-23H2,1-3H3. The zero-order valence-electron chi connectivity index (χ0n) is 20.4. The lowest BCUT2D eigenvalue weighted by Crippen LogP contribution is -2.49. The van der Waals surface area contributed by atoms with Crippen LogP contribution in [-0.4, -0.2) is 48.9 Å². The van der Waals surface area contributed by atoms with Crippen LogP contribution in [0.15, 0.2) is 0 Å². The molecule has 5 nitrogen and oxygen atoms in total. The van der Waals surface area contributed by atoms with Crippen LogP contribution >= 0.6 is 0 Å². The molecule has 0 heterocycles. The molecule has 0 aliphatic carbocycles. The summed E-state index contributed by atoms with van der Waals surface area (Å²) in [6.45, 7) is 3.10. The molecule has 0 fully saturated rings. The van der Waals surface area contributed by atoms with E-state index in [1.807, 2.05) is 14.1 Å². The minimum absolute atomic E-state index is 0.0380. The van der Waals surface area contributed by atoms with E-state index in [0.717, 1.165) is 32.2 Å². The molecular weight excluding hydrogens is 376 g/mol. The summed E-state index contributed by atoms with van der Waals surface area (Å²) in [7, 11) is 3.82. The third-order valence-corrected chi connectivity index (χ3v) is 6.21. The van der Waals surface area contributed by atoms with Gasteiger partial charge in [-0.2, -0.15) is 0 Å². The van der Waals surface area contributed by atoms with Gasteiger partial charge in [-0.1, -0.05) is 103 Å². The van der Waals surface area contributed by atoms with Crippen molar-refractivity contribution in [1.82, 2.24) is 5.48 Å². The summed E-state index contributed by atoms with van der Waals surface area (Å²) in [5.74, 6) is -1.00. The van der Waals surface area contributed by atoms with Crippen LogP contribution in [0, 0.1) is 0 Å². The van der Waals surface area contributed by atoms with Crippen LogP contribution in [0.1, 0.15) is 122 Å². The smallest absolute Gasteiger partial charge is 0.119 e. The number of rotatable bonds is 23. The Kier molecular flexibility index (Phi) is 19.8. The molecule has 1 atom stereocenters. The average Bonchev–Trinajstić information content (AvgIpc) is 2.68. The van der Waals surface area contributed by atoms with Crippen LogP contribution in [0.4, 0.5) is 0 Å². The van der Waals surface area contributed by atoms with Gasteiger partial charge in [-0.25, -0.2) is 5.48 Å². The quantitative estimate of drug-likeness (QED) is 0.133. The highest BCUT2D eigenvalue weighted by molar-refractivity contribution is 5.65. The molecule has 0 radical (unpaired) electrons. The maximum Gasteiger partial charge on any atom is 0.119 e. The van der Waals surface area contributed by atoms with Gasteiger partial charge in [0, 0.05) is 6.04 Å². The fourth-order valence-corrected chi connectivity index (χ4v) is 4.23. The minimum Gasteiger partial charge on any atom is -0.544 e. The maximum atomic E-state index is 10.8. The molecule has 0 saturated carbocycles. The zero-order chi connectivity index (χ0) is 22.5. The van der Waals surface area contributed by atoms with Crippen molar-refractivity contribution < 1.29 is 19.6 Å². The van der Waals surface area contributed by atoms with Gasteiger partial charge in [0.15, 0.2) is 0 Å². The van der Waals surface area contributed by atoms with Gasteiger partial charge in [-0.15, -0.1) is 0 Å². The Hall–Kier alpha value is -0.650. The molecule has 5 heteroatoms. The van der Waals surface area contributed by atoms with Crippen molar-refractivity contribution in [1.29, 1.82) is 0 Å². The number of quaternary nitrogens is 1. The van der Waals surface area contributed by atoms with Crippen LogP contribution in [0.25, 0.3) is 0 Å². The van der Waals surface area contributed by atoms with Gasteiger partial charge in [0.2, 0.25) is 0 Å². The highest BCUT2D eigenvalue weighted by atomic mass is 16.5. The molecule has 180 valence electrons. The van der Waals surface area contributed by atoms with Crippen molar-refractivity contribution in [3.8, 4) is 0 Å². The number of hydroxylamine groups is 1. The zero-order valence-corrected chi connectivity index (χ0v) is 20.4. The normalized spacial score (nSPS) is 12.9. The first kappa shape index (κ1) is 29.4. The molecule has 0 aliphatic rings. The van der Waals surface area contributed by atoms with Crippen LogP contribution in [-0.2, 0) is 4.79 Å². The van der Waals surface area contributed by atoms with E-state index in [0.29, 0.717) is 4.48 Å². The number of aliphatic carboxylic acids is 1. The number of carbonyl (C=O) groups excluding carboxylic acids is 1. The van der Waals surface area contributed by atoms with E-state index < -0.39 is 5.97 Å². The summed E-state index contributed by atoms with van der Waals surface area (Å²) < 4.78 is 0.430. The summed E-state index contributed by atoms with van der Waals surface area (Å²) in [6, 6.07) is 0.120. The molecule has 0 aromatic rings. The topological polar surface area (TPSA) is 72.4 Å². The molecule has 0 aromatic carbocycles. The number of carboxylic acids is 1. The van der Waals surface area contributed by atoms with Crippen molar-refractivity contribution in [3.05, 3.63) is 0 Å². The SMILES string of the molecule is CCCCCCCCCCCCCCCCCC(CCC[N+](C)(C)CC(=O)[O-])NO. The van der Waals surface area contributed by atoms with Gasteiger partial charge in [0.1, 0.15) is 6.54 Å². The van der Waals surface area contributed by atoms with Gasteiger partial charge in [0.25, 0.3) is 0 Å². The van der Waals surface area contributed by atoms with Crippen LogP contribution < -0.4 is 10.6 Å². The van der Waals surface area contributed by atoms with E-state index in [9.17, 15) is 15.1 Å². The first-order valence-corrected chi connectivity index (χ1v) is 12.8. The van der Waals surface area contributed by atoms with Crippen molar-refractivity contribution in [2.24, 2.45) is 0 Å². The number of hydrogen-bond donors (Lipinski definition) is 2. The van der Waals surface area contributed by atoms with Crippen LogP contribution in [0.5, 0.6) is 0 Å². The van der Waals surface area contributed by atoms with Crippen molar-refractivity contribution >= 4 is 5.97 Å². The Morgan fingerprint density at radius 1 is 0.767 bits per heavy atom. The van der Waals surface area contributed by atoms with Crippen molar-refractivity contribution in [2.45, 2.75) is 129 Å². The predicted molar refractivity (Wildman–Crippen MR) is 124 cm³/mol. The third-order valence-electron chi connectivity index (χ3n) is 6.21. The Morgan fingerprint density at radius 3 is 1.57 bits per heavy atom. The number of nitrogens with zero attached hydrogens (tertiary/aromatic N) is 1. The van der Waals surface area contributed by atoms with E-state index in [1.165, 1.54) is 89.9 Å². The van der Waals surface area contributed by atoms with Crippen LogP contribution in [0.2, 0.25) is 0 Å². The predicted octanol–water partition coefficient (Wildman–Crippen LogP) is 5.20. The molecular formula is C25H52N2O3. The number of carboxylic acid groups (broad SMARTS) is 1. The van der Waals surface area contributed by atoms with E-state index in [4.69, 9.17) is 0 Å². The van der Waals surface area contributed by atoms with Gasteiger partial charge >= 0.3 is 0 Å². The lowest BCUT2D eigenvalue weighted by Gasteiger charge is -2.30. The lowest BCUT2D eigenvalue weighted by atomic mass is 10.0. The first-order chi connectivity index (χ1) is 14.4. The Labute approximate surface area is 187 Å². The van der Waals surface area contributed by atoms with Gasteiger partial charge < -0.3 is 19.6 Å².